The smallest absolute Gasteiger partial charge is 0.243 e. The summed E-state index contributed by atoms with van der Waals surface area (Å²) in [6, 6.07) is 5.46. The van der Waals surface area contributed by atoms with E-state index >= 15 is 0 Å². The maximum Gasteiger partial charge on any atom is 0.243 e. The minimum atomic E-state index is -3.50. The largest absolute Gasteiger partial charge is 0.317 e. The molecule has 144 valence electrons. The number of nitrogens with zero attached hydrogens (tertiary/aromatic N) is 2. The van der Waals surface area contributed by atoms with E-state index in [4.69, 9.17) is 0 Å². The van der Waals surface area contributed by atoms with E-state index in [9.17, 15) is 8.42 Å². The number of hydrogen-bond donors (Lipinski definition) is 1. The lowest BCUT2D eigenvalue weighted by molar-refractivity contribution is 0.262. The van der Waals surface area contributed by atoms with Gasteiger partial charge in [-0.25, -0.2) is 13.4 Å². The Balaban J connectivity index is 1.98. The quantitative estimate of drug-likeness (QED) is 0.838. The fourth-order valence-corrected chi connectivity index (χ4v) is 6.28. The minimum absolute atomic E-state index is 0.0356. The molecule has 26 heavy (non-hydrogen) atoms. The monoisotopic (exact) mass is 395 g/mol. The number of aromatic nitrogens is 1. The Kier molecular flexibility index (Phi) is 5.72. The van der Waals surface area contributed by atoms with Gasteiger partial charge in [-0.3, -0.25) is 0 Å². The number of nitrogens with one attached hydrogen (secondary N) is 1. The molecule has 0 spiro atoms. The molecule has 0 unspecified atom stereocenters. The van der Waals surface area contributed by atoms with Crippen LogP contribution in [0.15, 0.2) is 23.1 Å². The highest BCUT2D eigenvalue weighted by Crippen LogP contribution is 2.33. The summed E-state index contributed by atoms with van der Waals surface area (Å²) in [4.78, 5) is 5.07. The van der Waals surface area contributed by atoms with E-state index in [0.717, 1.165) is 47.6 Å². The molecule has 0 aliphatic carbocycles. The van der Waals surface area contributed by atoms with Crippen molar-refractivity contribution in [2.45, 2.75) is 63.3 Å². The number of sulfonamides is 1. The highest BCUT2D eigenvalue weighted by molar-refractivity contribution is 7.89. The van der Waals surface area contributed by atoms with Crippen LogP contribution in [0.4, 0.5) is 0 Å². The van der Waals surface area contributed by atoms with E-state index in [1.807, 2.05) is 13.0 Å². The second-order valence-corrected chi connectivity index (χ2v) is 10.9. The molecule has 5 nitrogen and oxygen atoms in total. The van der Waals surface area contributed by atoms with Gasteiger partial charge in [0.1, 0.15) is 0 Å². The Morgan fingerprint density at radius 2 is 1.96 bits per heavy atom. The van der Waals surface area contributed by atoms with Crippen molar-refractivity contribution < 1.29 is 8.42 Å². The molecule has 3 rings (SSSR count). The summed E-state index contributed by atoms with van der Waals surface area (Å²) in [6.45, 7) is 10.7. The molecular formula is C19H29N3O2S2. The average Bonchev–Trinajstić information content (AvgIpc) is 3.04. The molecule has 7 heteroatoms. The summed E-state index contributed by atoms with van der Waals surface area (Å²) in [5.74, 6) is 0. The van der Waals surface area contributed by atoms with Crippen molar-refractivity contribution >= 4 is 31.6 Å². The first-order chi connectivity index (χ1) is 12.2. The fourth-order valence-electron chi connectivity index (χ4n) is 3.34. The van der Waals surface area contributed by atoms with Gasteiger partial charge in [-0.15, -0.1) is 11.3 Å². The zero-order valence-electron chi connectivity index (χ0n) is 16.1. The summed E-state index contributed by atoms with van der Waals surface area (Å²) >= 11 is 1.59. The summed E-state index contributed by atoms with van der Waals surface area (Å²) in [5, 5.41) is 4.35. The fraction of sp³-hybridized carbons (Fsp3) is 0.632. The number of piperidine rings is 1. The summed E-state index contributed by atoms with van der Waals surface area (Å²) in [6.07, 6.45) is 2.56. The van der Waals surface area contributed by atoms with Crippen LogP contribution in [0.3, 0.4) is 0 Å². The summed E-state index contributed by atoms with van der Waals surface area (Å²) in [5.41, 5.74) is 0.842. The first kappa shape index (κ1) is 19.7. The van der Waals surface area contributed by atoms with Gasteiger partial charge in [-0.2, -0.15) is 4.31 Å². The predicted molar refractivity (Wildman–Crippen MR) is 108 cm³/mol. The molecule has 1 aromatic carbocycles. The highest BCUT2D eigenvalue weighted by atomic mass is 32.2. The number of thiazole rings is 1. The normalized spacial score (nSPS) is 17.3. The van der Waals surface area contributed by atoms with Crippen molar-refractivity contribution in [3.8, 4) is 0 Å². The van der Waals surface area contributed by atoms with Crippen LogP contribution >= 0.6 is 11.3 Å². The van der Waals surface area contributed by atoms with Crippen molar-refractivity contribution in [3.05, 3.63) is 23.2 Å². The zero-order valence-corrected chi connectivity index (χ0v) is 17.7. The molecule has 1 aromatic heterocycles. The molecule has 1 N–H and O–H groups in total. The molecule has 0 amide bonds. The van der Waals surface area contributed by atoms with Crippen LogP contribution in [0.1, 0.15) is 52.0 Å². The zero-order chi connectivity index (χ0) is 18.9. The third-order valence-corrected chi connectivity index (χ3v) is 8.16. The van der Waals surface area contributed by atoms with Crippen LogP contribution in [-0.2, 0) is 15.4 Å². The topological polar surface area (TPSA) is 62.3 Å². The van der Waals surface area contributed by atoms with E-state index in [1.54, 1.807) is 27.8 Å². The lowest BCUT2D eigenvalue weighted by Crippen LogP contribution is -2.46. The molecule has 0 atom stereocenters. The van der Waals surface area contributed by atoms with Gasteiger partial charge in [0.15, 0.2) is 0 Å². The van der Waals surface area contributed by atoms with Crippen molar-refractivity contribution in [2.75, 3.05) is 19.6 Å². The highest BCUT2D eigenvalue weighted by Gasteiger charge is 2.32. The van der Waals surface area contributed by atoms with Crippen LogP contribution in [0.25, 0.3) is 10.2 Å². The Labute approximate surface area is 160 Å². The number of benzene rings is 1. The minimum Gasteiger partial charge on any atom is -0.317 e. The number of rotatable bonds is 5. The van der Waals surface area contributed by atoms with E-state index in [1.165, 1.54) is 0 Å². The van der Waals surface area contributed by atoms with Crippen molar-refractivity contribution in [2.24, 2.45) is 0 Å². The maximum absolute atomic E-state index is 13.4. The van der Waals surface area contributed by atoms with Gasteiger partial charge in [0.2, 0.25) is 10.0 Å². The van der Waals surface area contributed by atoms with Crippen LogP contribution < -0.4 is 5.32 Å². The van der Waals surface area contributed by atoms with Crippen molar-refractivity contribution in [1.82, 2.24) is 14.6 Å². The van der Waals surface area contributed by atoms with Gasteiger partial charge in [-0.05, 0) is 50.6 Å². The molecule has 2 aromatic rings. The molecule has 1 fully saturated rings. The lowest BCUT2D eigenvalue weighted by atomic mass is 9.98. The molecular weight excluding hydrogens is 366 g/mol. The maximum atomic E-state index is 13.4. The average molecular weight is 396 g/mol. The van der Waals surface area contributed by atoms with Gasteiger partial charge in [-0.1, -0.05) is 27.7 Å². The van der Waals surface area contributed by atoms with Crippen molar-refractivity contribution in [3.63, 3.8) is 0 Å². The van der Waals surface area contributed by atoms with Crippen molar-refractivity contribution in [1.29, 1.82) is 0 Å². The first-order valence-electron chi connectivity index (χ1n) is 9.37. The Morgan fingerprint density at radius 3 is 2.58 bits per heavy atom. The summed E-state index contributed by atoms with van der Waals surface area (Å²) in [7, 11) is -3.50. The van der Waals surface area contributed by atoms with E-state index in [0.29, 0.717) is 11.4 Å². The van der Waals surface area contributed by atoms with E-state index in [2.05, 4.69) is 31.1 Å². The molecule has 2 heterocycles. The molecule has 1 aliphatic heterocycles. The van der Waals surface area contributed by atoms with Gasteiger partial charge >= 0.3 is 0 Å². The molecule has 1 saturated heterocycles. The second kappa shape index (κ2) is 7.54. The Bertz CT molecular complexity index is 863. The number of hydrogen-bond acceptors (Lipinski definition) is 5. The van der Waals surface area contributed by atoms with E-state index in [-0.39, 0.29) is 11.5 Å². The standard InChI is InChI=1S/C19H29N3O2S2/c1-5-12-22(14-8-10-20-11-9-14)26(23,24)15-6-7-16-17(13-15)25-18(21-16)19(2,3)4/h6-7,13-14,20H,5,8-12H2,1-4H3. The Hall–Kier alpha value is -1.02. The Morgan fingerprint density at radius 1 is 1.27 bits per heavy atom. The third-order valence-electron chi connectivity index (χ3n) is 4.77. The van der Waals surface area contributed by atoms with Gasteiger partial charge < -0.3 is 5.32 Å². The van der Waals surface area contributed by atoms with Crippen LogP contribution in [0.5, 0.6) is 0 Å². The first-order valence-corrected chi connectivity index (χ1v) is 11.6. The molecule has 0 bridgehead atoms. The second-order valence-electron chi connectivity index (χ2n) is 8.00. The summed E-state index contributed by atoms with van der Waals surface area (Å²) < 4.78 is 29.4. The SMILES string of the molecule is CCCN(C1CCNCC1)S(=O)(=O)c1ccc2nc(C(C)(C)C)sc2c1. The van der Waals surface area contributed by atoms with Crippen LogP contribution in [0.2, 0.25) is 0 Å². The molecule has 1 aliphatic rings. The van der Waals surface area contributed by atoms with Crippen LogP contribution in [0, 0.1) is 0 Å². The van der Waals surface area contributed by atoms with Gasteiger partial charge in [0, 0.05) is 18.0 Å². The molecule has 0 saturated carbocycles. The molecule has 0 radical (unpaired) electrons. The van der Waals surface area contributed by atoms with Gasteiger partial charge in [0.05, 0.1) is 20.1 Å². The van der Waals surface area contributed by atoms with E-state index < -0.39 is 10.0 Å². The lowest BCUT2D eigenvalue weighted by Gasteiger charge is -2.33. The predicted octanol–water partition coefficient (Wildman–Crippen LogP) is 3.75. The van der Waals surface area contributed by atoms with Crippen LogP contribution in [-0.4, -0.2) is 43.4 Å². The number of fused-ring (bicyclic) bond motifs is 1. The third kappa shape index (κ3) is 3.96. The van der Waals surface area contributed by atoms with Gasteiger partial charge in [0.25, 0.3) is 0 Å².